The van der Waals surface area contributed by atoms with E-state index in [2.05, 4.69) is 6.92 Å². The molecule has 0 radical (unpaired) electrons. The smallest absolute Gasteiger partial charge is 0.308 e. The summed E-state index contributed by atoms with van der Waals surface area (Å²) in [6.07, 6.45) is 1.33. The van der Waals surface area contributed by atoms with Gasteiger partial charge in [-0.05, 0) is 56.4 Å². The Morgan fingerprint density at radius 2 is 2.00 bits per heavy atom. The number of hydrogen-bond acceptors (Lipinski definition) is 4. The summed E-state index contributed by atoms with van der Waals surface area (Å²) in [7, 11) is 0. The lowest BCUT2D eigenvalue weighted by Crippen LogP contribution is -2.40. The van der Waals surface area contributed by atoms with Crippen molar-refractivity contribution in [2.45, 2.75) is 53.1 Å². The predicted octanol–water partition coefficient (Wildman–Crippen LogP) is 3.84. The predicted molar refractivity (Wildman–Crippen MR) is 87.5 cm³/mol. The molecule has 0 N–H and O–H groups in total. The average molecular weight is 314 g/mol. The van der Waals surface area contributed by atoms with Crippen molar-refractivity contribution in [3.8, 4) is 11.5 Å². The number of allylic oxidation sites excluding steroid dienone is 1. The Balaban J connectivity index is 2.29. The van der Waals surface area contributed by atoms with E-state index in [1.165, 1.54) is 6.92 Å². The summed E-state index contributed by atoms with van der Waals surface area (Å²) in [6, 6.07) is 3.77. The van der Waals surface area contributed by atoms with Gasteiger partial charge in [-0.1, -0.05) is 6.92 Å². The highest BCUT2D eigenvalue weighted by Crippen LogP contribution is 2.50. The molecule has 0 amide bonds. The van der Waals surface area contributed by atoms with Crippen molar-refractivity contribution in [3.05, 3.63) is 28.8 Å². The number of rotatable bonds is 1. The van der Waals surface area contributed by atoms with E-state index in [-0.39, 0.29) is 17.7 Å². The van der Waals surface area contributed by atoms with Crippen molar-refractivity contribution in [1.82, 2.24) is 0 Å². The summed E-state index contributed by atoms with van der Waals surface area (Å²) in [6.45, 7) is 9.23. The molecule has 0 fully saturated rings. The summed E-state index contributed by atoms with van der Waals surface area (Å²) < 4.78 is 11.5. The molecule has 4 heteroatoms. The molecule has 1 aliphatic heterocycles. The lowest BCUT2D eigenvalue weighted by Gasteiger charge is -2.40. The van der Waals surface area contributed by atoms with Gasteiger partial charge in [0.1, 0.15) is 17.1 Å². The van der Waals surface area contributed by atoms with Crippen molar-refractivity contribution >= 4 is 17.3 Å². The number of Topliss-reactive ketones (excluding diaryl/α,β-unsaturated/α-hetero) is 1. The highest BCUT2D eigenvalue weighted by molar-refractivity contribution is 6.08. The average Bonchev–Trinajstić information content (AvgIpc) is 2.34. The number of benzene rings is 1. The number of fused-ring (bicyclic) bond motifs is 2. The van der Waals surface area contributed by atoms with E-state index in [1.807, 2.05) is 32.9 Å². The van der Waals surface area contributed by atoms with Crippen LogP contribution in [0.5, 0.6) is 11.5 Å². The molecule has 1 aromatic carbocycles. The third-order valence-electron chi connectivity index (χ3n) is 4.40. The van der Waals surface area contributed by atoms with E-state index in [1.54, 1.807) is 0 Å². The van der Waals surface area contributed by atoms with E-state index in [9.17, 15) is 9.59 Å². The SMILES string of the molecule is CC(=O)Oc1cc(C)cc2c1C1=C(C(=O)CC(C)C1)C(C)(C)O2. The summed E-state index contributed by atoms with van der Waals surface area (Å²) >= 11 is 0. The van der Waals surface area contributed by atoms with Crippen LogP contribution in [0.2, 0.25) is 0 Å². The zero-order chi connectivity index (χ0) is 16.9. The second kappa shape index (κ2) is 5.22. The molecule has 1 heterocycles. The lowest BCUT2D eigenvalue weighted by molar-refractivity contribution is -0.131. The molecule has 0 aromatic heterocycles. The summed E-state index contributed by atoms with van der Waals surface area (Å²) in [5, 5.41) is 0. The van der Waals surface area contributed by atoms with Crippen molar-refractivity contribution in [2.24, 2.45) is 5.92 Å². The number of ether oxygens (including phenoxy) is 2. The molecule has 1 aliphatic carbocycles. The normalized spacial score (nSPS) is 22.1. The number of esters is 1. The maximum Gasteiger partial charge on any atom is 0.308 e. The van der Waals surface area contributed by atoms with Crippen LogP contribution in [0.1, 0.15) is 51.7 Å². The summed E-state index contributed by atoms with van der Waals surface area (Å²) in [4.78, 5) is 24.1. The Morgan fingerprint density at radius 1 is 1.30 bits per heavy atom. The third-order valence-corrected chi connectivity index (χ3v) is 4.40. The van der Waals surface area contributed by atoms with Crippen LogP contribution in [-0.4, -0.2) is 17.4 Å². The molecule has 122 valence electrons. The van der Waals surface area contributed by atoms with Gasteiger partial charge in [0.05, 0.1) is 5.56 Å². The minimum atomic E-state index is -0.666. The van der Waals surface area contributed by atoms with Gasteiger partial charge in [-0.25, -0.2) is 0 Å². The van der Waals surface area contributed by atoms with Crippen molar-refractivity contribution in [1.29, 1.82) is 0 Å². The minimum Gasteiger partial charge on any atom is -0.482 e. The molecule has 0 saturated heterocycles. The van der Waals surface area contributed by atoms with Gasteiger partial charge in [0.25, 0.3) is 0 Å². The fourth-order valence-corrected chi connectivity index (χ4v) is 3.70. The maximum atomic E-state index is 12.6. The molecule has 0 bridgehead atoms. The zero-order valence-corrected chi connectivity index (χ0v) is 14.3. The molecule has 3 rings (SSSR count). The number of carbonyl (C=O) groups is 2. The second-order valence-electron chi connectivity index (χ2n) is 7.13. The van der Waals surface area contributed by atoms with Crippen LogP contribution in [0.4, 0.5) is 0 Å². The van der Waals surface area contributed by atoms with E-state index in [0.717, 1.165) is 28.7 Å². The number of ketones is 1. The first-order valence-corrected chi connectivity index (χ1v) is 7.98. The fourth-order valence-electron chi connectivity index (χ4n) is 3.70. The number of aryl methyl sites for hydroxylation is 1. The Labute approximate surface area is 136 Å². The van der Waals surface area contributed by atoms with Crippen molar-refractivity contribution in [2.75, 3.05) is 0 Å². The zero-order valence-electron chi connectivity index (χ0n) is 14.3. The highest BCUT2D eigenvalue weighted by Gasteiger charge is 2.43. The van der Waals surface area contributed by atoms with E-state index in [4.69, 9.17) is 9.47 Å². The molecule has 0 saturated carbocycles. The summed E-state index contributed by atoms with van der Waals surface area (Å²) in [5.74, 6) is 1.20. The van der Waals surface area contributed by atoms with Crippen LogP contribution in [-0.2, 0) is 9.59 Å². The monoisotopic (exact) mass is 314 g/mol. The fraction of sp³-hybridized carbons (Fsp3) is 0.474. The molecule has 23 heavy (non-hydrogen) atoms. The van der Waals surface area contributed by atoms with Gasteiger partial charge in [-0.3, -0.25) is 9.59 Å². The second-order valence-corrected chi connectivity index (χ2v) is 7.13. The Hall–Kier alpha value is -2.10. The van der Waals surface area contributed by atoms with Crippen LogP contribution in [0.25, 0.3) is 5.57 Å². The van der Waals surface area contributed by atoms with Gasteiger partial charge < -0.3 is 9.47 Å². The van der Waals surface area contributed by atoms with E-state index < -0.39 is 5.60 Å². The molecule has 0 spiro atoms. The van der Waals surface area contributed by atoms with Crippen LogP contribution in [0.15, 0.2) is 17.7 Å². The van der Waals surface area contributed by atoms with Crippen molar-refractivity contribution < 1.29 is 19.1 Å². The molecule has 1 aromatic rings. The largest absolute Gasteiger partial charge is 0.482 e. The van der Waals surface area contributed by atoms with Gasteiger partial charge in [0.15, 0.2) is 5.78 Å². The molecule has 4 nitrogen and oxygen atoms in total. The van der Waals surface area contributed by atoms with Gasteiger partial charge in [0.2, 0.25) is 0 Å². The number of hydrogen-bond donors (Lipinski definition) is 0. The topological polar surface area (TPSA) is 52.6 Å². The molecular weight excluding hydrogens is 292 g/mol. The quantitative estimate of drug-likeness (QED) is 0.584. The molecule has 1 unspecified atom stereocenters. The Bertz CT molecular complexity index is 740. The van der Waals surface area contributed by atoms with Crippen molar-refractivity contribution in [3.63, 3.8) is 0 Å². The van der Waals surface area contributed by atoms with E-state index in [0.29, 0.717) is 17.9 Å². The van der Waals surface area contributed by atoms with Gasteiger partial charge in [0, 0.05) is 18.9 Å². The molecule has 2 aliphatic rings. The Kier molecular flexibility index (Phi) is 3.58. The number of carbonyl (C=O) groups excluding carboxylic acids is 2. The van der Waals surface area contributed by atoms with Crippen LogP contribution in [0.3, 0.4) is 0 Å². The van der Waals surface area contributed by atoms with Gasteiger partial charge >= 0.3 is 5.97 Å². The standard InChI is InChI=1S/C19H22O4/c1-10-6-13-17-15(22-12(3)20)8-11(2)9-16(17)23-19(4,5)18(13)14(21)7-10/h8-10H,6-7H2,1-5H3. The van der Waals surface area contributed by atoms with Gasteiger partial charge in [-0.15, -0.1) is 0 Å². The maximum absolute atomic E-state index is 12.6. The van der Waals surface area contributed by atoms with Crippen LogP contribution in [0, 0.1) is 12.8 Å². The lowest BCUT2D eigenvalue weighted by atomic mass is 9.73. The van der Waals surface area contributed by atoms with Crippen LogP contribution < -0.4 is 9.47 Å². The first kappa shape index (κ1) is 15.8. The Morgan fingerprint density at radius 3 is 2.65 bits per heavy atom. The minimum absolute atomic E-state index is 0.128. The van der Waals surface area contributed by atoms with Gasteiger partial charge in [-0.2, -0.15) is 0 Å². The first-order chi connectivity index (χ1) is 10.7. The highest BCUT2D eigenvalue weighted by atomic mass is 16.5. The first-order valence-electron chi connectivity index (χ1n) is 7.98. The molecule has 1 atom stereocenters. The van der Waals surface area contributed by atoms with Crippen LogP contribution >= 0.6 is 0 Å². The summed E-state index contributed by atoms with van der Waals surface area (Å²) in [5.41, 5.74) is 2.74. The molecular formula is C19H22O4. The van der Waals surface area contributed by atoms with E-state index >= 15 is 0 Å². The third kappa shape index (κ3) is 2.67.